The Bertz CT molecular complexity index is 208. The lowest BCUT2D eigenvalue weighted by Crippen LogP contribution is -1.94. The molecule has 0 saturated carbocycles. The van der Waals surface area contributed by atoms with Crippen LogP contribution in [-0.2, 0) is 12.9 Å². The van der Waals surface area contributed by atoms with Crippen molar-refractivity contribution in [2.24, 2.45) is 7.05 Å². The molecule has 0 atom stereocenters. The predicted molar refractivity (Wildman–Crippen MR) is 44.8 cm³/mol. The first-order valence-electron chi connectivity index (χ1n) is 2.79. The molecule has 0 fully saturated rings. The van der Waals surface area contributed by atoms with Gasteiger partial charge in [-0.05, 0) is 13.0 Å². The number of alkyl halides is 1. The Morgan fingerprint density at radius 1 is 1.70 bits per heavy atom. The van der Waals surface area contributed by atoms with Crippen LogP contribution in [0.4, 0.5) is 0 Å². The van der Waals surface area contributed by atoms with Gasteiger partial charge in [0.2, 0.25) is 0 Å². The van der Waals surface area contributed by atoms with Crippen molar-refractivity contribution in [3.63, 3.8) is 0 Å². The third-order valence-electron chi connectivity index (χ3n) is 1.24. The van der Waals surface area contributed by atoms with Crippen LogP contribution in [0.1, 0.15) is 11.4 Å². The lowest BCUT2D eigenvalue weighted by molar-refractivity contribution is 0.726. The van der Waals surface area contributed by atoms with Crippen LogP contribution >= 0.6 is 24.0 Å². The molecule has 0 bridgehead atoms. The molecule has 0 unspecified atom stereocenters. The zero-order valence-electron chi connectivity index (χ0n) is 5.97. The standard InChI is InChI=1S/C6H9ClN2.ClH/c1-5-3-6(4-7)9(2)8-5;/h3H,4H2,1-2H3;1H. The summed E-state index contributed by atoms with van der Waals surface area (Å²) in [6.45, 7) is 1.95. The fourth-order valence-corrected chi connectivity index (χ4v) is 1.04. The Hall–Kier alpha value is -0.210. The van der Waals surface area contributed by atoms with E-state index < -0.39 is 0 Å². The summed E-state index contributed by atoms with van der Waals surface area (Å²) >= 11 is 5.58. The third-order valence-corrected chi connectivity index (χ3v) is 1.51. The average molecular weight is 181 g/mol. The molecule has 58 valence electrons. The summed E-state index contributed by atoms with van der Waals surface area (Å²) in [4.78, 5) is 0. The maximum atomic E-state index is 5.58. The molecule has 0 N–H and O–H groups in total. The van der Waals surface area contributed by atoms with Crippen molar-refractivity contribution in [2.45, 2.75) is 12.8 Å². The van der Waals surface area contributed by atoms with E-state index >= 15 is 0 Å². The van der Waals surface area contributed by atoms with Crippen LogP contribution in [0.25, 0.3) is 0 Å². The van der Waals surface area contributed by atoms with Gasteiger partial charge in [0.25, 0.3) is 0 Å². The molecule has 4 heteroatoms. The second kappa shape index (κ2) is 3.84. The van der Waals surface area contributed by atoms with Crippen molar-refractivity contribution in [1.29, 1.82) is 0 Å². The van der Waals surface area contributed by atoms with E-state index in [9.17, 15) is 0 Å². The van der Waals surface area contributed by atoms with Gasteiger partial charge in [-0.2, -0.15) is 5.10 Å². The van der Waals surface area contributed by atoms with Gasteiger partial charge in [-0.1, -0.05) is 0 Å². The molecular weight excluding hydrogens is 171 g/mol. The Labute approximate surface area is 71.6 Å². The summed E-state index contributed by atoms with van der Waals surface area (Å²) in [5, 5.41) is 4.11. The molecule has 0 saturated heterocycles. The van der Waals surface area contributed by atoms with Crippen LogP contribution < -0.4 is 0 Å². The number of hydrogen-bond donors (Lipinski definition) is 0. The summed E-state index contributed by atoms with van der Waals surface area (Å²) in [5.41, 5.74) is 2.09. The van der Waals surface area contributed by atoms with Crippen molar-refractivity contribution >= 4 is 24.0 Å². The Kier molecular flexibility index (Phi) is 3.76. The number of rotatable bonds is 1. The van der Waals surface area contributed by atoms with Crippen LogP contribution in [0.5, 0.6) is 0 Å². The van der Waals surface area contributed by atoms with E-state index in [1.807, 2.05) is 20.0 Å². The number of aromatic nitrogens is 2. The molecule has 1 heterocycles. The Morgan fingerprint density at radius 2 is 2.30 bits per heavy atom. The first kappa shape index (κ1) is 9.79. The molecule has 1 aromatic heterocycles. The van der Waals surface area contributed by atoms with Gasteiger partial charge in [0.1, 0.15) is 0 Å². The molecule has 0 aromatic carbocycles. The van der Waals surface area contributed by atoms with Gasteiger partial charge in [0.05, 0.1) is 17.3 Å². The summed E-state index contributed by atoms with van der Waals surface area (Å²) < 4.78 is 1.79. The van der Waals surface area contributed by atoms with Gasteiger partial charge in [-0.3, -0.25) is 4.68 Å². The maximum absolute atomic E-state index is 5.58. The largest absolute Gasteiger partial charge is 0.271 e. The van der Waals surface area contributed by atoms with E-state index in [0.29, 0.717) is 5.88 Å². The lowest BCUT2D eigenvalue weighted by Gasteiger charge is -1.91. The van der Waals surface area contributed by atoms with Crippen LogP contribution in [0.3, 0.4) is 0 Å². The summed E-state index contributed by atoms with van der Waals surface area (Å²) in [6, 6.07) is 1.98. The van der Waals surface area contributed by atoms with Gasteiger partial charge in [-0.25, -0.2) is 0 Å². The second-order valence-corrected chi connectivity index (χ2v) is 2.30. The first-order chi connectivity index (χ1) is 4.24. The van der Waals surface area contributed by atoms with E-state index in [-0.39, 0.29) is 12.4 Å². The smallest absolute Gasteiger partial charge is 0.0644 e. The normalized spacial score (nSPS) is 9.10. The van der Waals surface area contributed by atoms with Crippen molar-refractivity contribution in [1.82, 2.24) is 9.78 Å². The summed E-state index contributed by atoms with van der Waals surface area (Å²) in [6.07, 6.45) is 0. The van der Waals surface area contributed by atoms with Crippen LogP contribution in [0.15, 0.2) is 6.07 Å². The highest BCUT2D eigenvalue weighted by Crippen LogP contribution is 2.03. The van der Waals surface area contributed by atoms with Gasteiger partial charge in [0, 0.05) is 7.05 Å². The summed E-state index contributed by atoms with van der Waals surface area (Å²) in [5.74, 6) is 0.539. The Balaban J connectivity index is 0.000000810. The van der Waals surface area contributed by atoms with Gasteiger partial charge >= 0.3 is 0 Å². The molecule has 0 aliphatic carbocycles. The molecule has 0 aliphatic heterocycles. The van der Waals surface area contributed by atoms with E-state index in [0.717, 1.165) is 11.4 Å². The minimum Gasteiger partial charge on any atom is -0.271 e. The molecule has 1 rings (SSSR count). The SMILES string of the molecule is Cc1cc(CCl)n(C)n1.Cl. The van der Waals surface area contributed by atoms with Crippen LogP contribution in [0.2, 0.25) is 0 Å². The molecular formula is C6H10Cl2N2. The van der Waals surface area contributed by atoms with E-state index in [2.05, 4.69) is 5.10 Å². The number of aryl methyl sites for hydroxylation is 2. The molecule has 2 nitrogen and oxygen atoms in total. The average Bonchev–Trinajstić information content (AvgIpc) is 2.10. The minimum atomic E-state index is 0. The predicted octanol–water partition coefficient (Wildman–Crippen LogP) is 1.89. The molecule has 0 spiro atoms. The third kappa shape index (κ3) is 1.89. The van der Waals surface area contributed by atoms with Crippen LogP contribution in [0, 0.1) is 6.92 Å². The van der Waals surface area contributed by atoms with E-state index in [1.165, 1.54) is 0 Å². The van der Waals surface area contributed by atoms with E-state index in [1.54, 1.807) is 4.68 Å². The first-order valence-corrected chi connectivity index (χ1v) is 3.33. The zero-order valence-corrected chi connectivity index (χ0v) is 7.54. The van der Waals surface area contributed by atoms with Crippen molar-refractivity contribution < 1.29 is 0 Å². The van der Waals surface area contributed by atoms with Gasteiger partial charge in [0.15, 0.2) is 0 Å². The minimum absolute atomic E-state index is 0. The molecule has 0 aliphatic rings. The highest BCUT2D eigenvalue weighted by atomic mass is 35.5. The molecule has 1 aromatic rings. The van der Waals surface area contributed by atoms with Crippen molar-refractivity contribution in [2.75, 3.05) is 0 Å². The van der Waals surface area contributed by atoms with Crippen molar-refractivity contribution in [3.05, 3.63) is 17.5 Å². The van der Waals surface area contributed by atoms with E-state index in [4.69, 9.17) is 11.6 Å². The Morgan fingerprint density at radius 3 is 2.50 bits per heavy atom. The lowest BCUT2D eigenvalue weighted by atomic mass is 10.4. The maximum Gasteiger partial charge on any atom is 0.0644 e. The molecule has 0 amide bonds. The van der Waals surface area contributed by atoms with Crippen molar-refractivity contribution in [3.8, 4) is 0 Å². The highest BCUT2D eigenvalue weighted by Gasteiger charge is 1.97. The number of hydrogen-bond acceptors (Lipinski definition) is 1. The molecule has 0 radical (unpaired) electrons. The van der Waals surface area contributed by atoms with Gasteiger partial charge < -0.3 is 0 Å². The van der Waals surface area contributed by atoms with Gasteiger partial charge in [-0.15, -0.1) is 24.0 Å². The number of nitrogens with zero attached hydrogens (tertiary/aromatic N) is 2. The molecule has 10 heavy (non-hydrogen) atoms. The highest BCUT2D eigenvalue weighted by molar-refractivity contribution is 6.16. The second-order valence-electron chi connectivity index (χ2n) is 2.03. The fourth-order valence-electron chi connectivity index (χ4n) is 0.789. The topological polar surface area (TPSA) is 17.8 Å². The monoisotopic (exact) mass is 180 g/mol. The quantitative estimate of drug-likeness (QED) is 0.605. The van der Waals surface area contributed by atoms with Crippen LogP contribution in [-0.4, -0.2) is 9.78 Å². The zero-order chi connectivity index (χ0) is 6.85. The number of halogens is 2. The fraction of sp³-hybridized carbons (Fsp3) is 0.500. The summed E-state index contributed by atoms with van der Waals surface area (Å²) in [7, 11) is 1.89.